The Labute approximate surface area is 165 Å². The zero-order valence-electron chi connectivity index (χ0n) is 15.5. The summed E-state index contributed by atoms with van der Waals surface area (Å²) < 4.78 is 30.8. The molecule has 2 rings (SSSR count). The fraction of sp³-hybridized carbons (Fsp3) is 0.316. The predicted molar refractivity (Wildman–Crippen MR) is 108 cm³/mol. The van der Waals surface area contributed by atoms with Crippen molar-refractivity contribution in [3.63, 3.8) is 0 Å². The molecule has 27 heavy (non-hydrogen) atoms. The van der Waals surface area contributed by atoms with Crippen molar-refractivity contribution >= 4 is 33.2 Å². The normalized spacial score (nSPS) is 12.3. The summed E-state index contributed by atoms with van der Waals surface area (Å²) in [5.41, 5.74) is 1.39. The number of hydrogen-bond donors (Lipinski definition) is 1. The summed E-state index contributed by atoms with van der Waals surface area (Å²) in [5, 5.41) is 3.00. The molecule has 1 amide bonds. The molecule has 8 heteroatoms. The Balaban J connectivity index is 1.97. The number of benzene rings is 2. The molecule has 0 bridgehead atoms. The van der Waals surface area contributed by atoms with Crippen molar-refractivity contribution in [3.05, 3.63) is 59.1 Å². The minimum Gasteiger partial charge on any atom is -0.491 e. The van der Waals surface area contributed by atoms with E-state index in [0.717, 1.165) is 16.1 Å². The Morgan fingerprint density at radius 1 is 1.19 bits per heavy atom. The number of nitrogens with zero attached hydrogens (tertiary/aromatic N) is 1. The largest absolute Gasteiger partial charge is 0.491 e. The zero-order chi connectivity index (χ0) is 20.0. The van der Waals surface area contributed by atoms with E-state index in [9.17, 15) is 13.2 Å². The Bertz CT molecular complexity index is 885. The van der Waals surface area contributed by atoms with Crippen LogP contribution >= 0.6 is 11.6 Å². The summed E-state index contributed by atoms with van der Waals surface area (Å²) in [6, 6.07) is 13.8. The highest BCUT2D eigenvalue weighted by molar-refractivity contribution is 7.92. The molecule has 1 atom stereocenters. The minimum atomic E-state index is -3.67. The number of aryl methyl sites for hydroxylation is 1. The maximum Gasteiger partial charge on any atom is 0.241 e. The summed E-state index contributed by atoms with van der Waals surface area (Å²) in [7, 11) is -3.67. The van der Waals surface area contributed by atoms with Gasteiger partial charge >= 0.3 is 0 Å². The number of anilines is 1. The summed E-state index contributed by atoms with van der Waals surface area (Å²) in [5.74, 6) is 0.260. The first-order valence-corrected chi connectivity index (χ1v) is 10.6. The van der Waals surface area contributed by atoms with Crippen molar-refractivity contribution in [1.82, 2.24) is 5.32 Å². The fourth-order valence-electron chi connectivity index (χ4n) is 2.38. The van der Waals surface area contributed by atoms with E-state index in [0.29, 0.717) is 5.75 Å². The molecule has 0 unspecified atom stereocenters. The van der Waals surface area contributed by atoms with Gasteiger partial charge in [0.05, 0.1) is 23.0 Å². The number of rotatable bonds is 8. The Kier molecular flexibility index (Phi) is 7.10. The van der Waals surface area contributed by atoms with E-state index < -0.39 is 15.9 Å². The molecular weight excluding hydrogens is 388 g/mol. The van der Waals surface area contributed by atoms with Crippen LogP contribution in [0.4, 0.5) is 5.69 Å². The summed E-state index contributed by atoms with van der Waals surface area (Å²) >= 11 is 6.09. The highest BCUT2D eigenvalue weighted by Gasteiger charge is 2.23. The highest BCUT2D eigenvalue weighted by atomic mass is 35.5. The van der Waals surface area contributed by atoms with E-state index in [1.54, 1.807) is 31.2 Å². The van der Waals surface area contributed by atoms with Crippen LogP contribution in [0, 0.1) is 6.92 Å². The van der Waals surface area contributed by atoms with Gasteiger partial charge in [-0.1, -0.05) is 41.4 Å². The van der Waals surface area contributed by atoms with Gasteiger partial charge in [0, 0.05) is 0 Å². The lowest BCUT2D eigenvalue weighted by molar-refractivity contribution is -0.120. The van der Waals surface area contributed by atoms with Crippen molar-refractivity contribution < 1.29 is 17.9 Å². The number of ether oxygens (including phenoxy) is 1. The van der Waals surface area contributed by atoms with E-state index in [4.69, 9.17) is 16.3 Å². The van der Waals surface area contributed by atoms with Crippen molar-refractivity contribution in [1.29, 1.82) is 0 Å². The molecule has 0 saturated carbocycles. The number of nitrogens with one attached hydrogen (secondary N) is 1. The third-order valence-electron chi connectivity index (χ3n) is 3.74. The maximum absolute atomic E-state index is 12.3. The average Bonchev–Trinajstić information content (AvgIpc) is 2.59. The SMILES string of the molecule is Cc1ccc(OC[C@@H](C)NC(=O)CN(c2ccccc2Cl)S(C)(=O)=O)cc1. The lowest BCUT2D eigenvalue weighted by Gasteiger charge is -2.24. The molecule has 0 spiro atoms. The van der Waals surface area contributed by atoms with Crippen LogP contribution in [0.2, 0.25) is 5.02 Å². The lowest BCUT2D eigenvalue weighted by Crippen LogP contribution is -2.45. The van der Waals surface area contributed by atoms with Crippen molar-refractivity contribution in [2.75, 3.05) is 23.7 Å². The van der Waals surface area contributed by atoms with Gasteiger partial charge in [0.25, 0.3) is 0 Å². The van der Waals surface area contributed by atoms with Gasteiger partial charge in [-0.05, 0) is 38.1 Å². The van der Waals surface area contributed by atoms with Crippen molar-refractivity contribution in [2.45, 2.75) is 19.9 Å². The van der Waals surface area contributed by atoms with Crippen LogP contribution in [0.5, 0.6) is 5.75 Å². The molecule has 0 saturated heterocycles. The van der Waals surface area contributed by atoms with E-state index in [2.05, 4.69) is 5.32 Å². The molecule has 0 aromatic heterocycles. The molecule has 2 aromatic carbocycles. The van der Waals surface area contributed by atoms with E-state index >= 15 is 0 Å². The second-order valence-electron chi connectivity index (χ2n) is 6.31. The summed E-state index contributed by atoms with van der Waals surface area (Å²) in [6.45, 7) is 3.67. The predicted octanol–water partition coefficient (Wildman–Crippen LogP) is 3.00. The van der Waals surface area contributed by atoms with Crippen LogP contribution < -0.4 is 14.4 Å². The Morgan fingerprint density at radius 3 is 2.41 bits per heavy atom. The van der Waals surface area contributed by atoms with Gasteiger partial charge in [-0.3, -0.25) is 9.10 Å². The van der Waals surface area contributed by atoms with Gasteiger partial charge in [0.15, 0.2) is 0 Å². The van der Waals surface area contributed by atoms with Crippen LogP contribution in [0.25, 0.3) is 0 Å². The van der Waals surface area contributed by atoms with Crippen molar-refractivity contribution in [2.24, 2.45) is 0 Å². The van der Waals surface area contributed by atoms with Gasteiger partial charge < -0.3 is 10.1 Å². The first kappa shape index (κ1) is 21.1. The van der Waals surface area contributed by atoms with Gasteiger partial charge in [-0.2, -0.15) is 0 Å². The smallest absolute Gasteiger partial charge is 0.241 e. The average molecular weight is 411 g/mol. The van der Waals surface area contributed by atoms with Crippen molar-refractivity contribution in [3.8, 4) is 5.75 Å². The lowest BCUT2D eigenvalue weighted by atomic mass is 10.2. The molecule has 0 heterocycles. The third kappa shape index (κ3) is 6.45. The maximum atomic E-state index is 12.3. The standard InChI is InChI=1S/C19H23ClN2O4S/c1-14-8-10-16(11-9-14)26-13-15(2)21-19(23)12-22(27(3,24)25)18-7-5-4-6-17(18)20/h4-11,15H,12-13H2,1-3H3,(H,21,23)/t15-/m1/s1. The Hall–Kier alpha value is -2.25. The molecular formula is C19H23ClN2O4S. The second kappa shape index (κ2) is 9.10. The summed E-state index contributed by atoms with van der Waals surface area (Å²) in [6.07, 6.45) is 1.04. The number of carbonyl (C=O) groups is 1. The van der Waals surface area contributed by atoms with E-state index in [1.807, 2.05) is 31.2 Å². The van der Waals surface area contributed by atoms with Crippen LogP contribution in [0.3, 0.4) is 0 Å². The molecule has 0 fully saturated rings. The number of hydrogen-bond acceptors (Lipinski definition) is 4. The van der Waals surface area contributed by atoms with Gasteiger partial charge in [-0.15, -0.1) is 0 Å². The number of halogens is 1. The summed E-state index contributed by atoms with van der Waals surface area (Å²) in [4.78, 5) is 12.3. The van der Waals surface area contributed by atoms with Crippen LogP contribution in [0.1, 0.15) is 12.5 Å². The number of para-hydroxylation sites is 1. The fourth-order valence-corrected chi connectivity index (χ4v) is 3.54. The molecule has 6 nitrogen and oxygen atoms in total. The number of amides is 1. The molecule has 146 valence electrons. The molecule has 2 aromatic rings. The quantitative estimate of drug-likeness (QED) is 0.725. The van der Waals surface area contributed by atoms with Gasteiger partial charge in [-0.25, -0.2) is 8.42 Å². The third-order valence-corrected chi connectivity index (χ3v) is 5.18. The number of sulfonamides is 1. The van der Waals surface area contributed by atoms with E-state index in [1.165, 1.54) is 0 Å². The second-order valence-corrected chi connectivity index (χ2v) is 8.63. The highest BCUT2D eigenvalue weighted by Crippen LogP contribution is 2.26. The Morgan fingerprint density at radius 2 is 1.81 bits per heavy atom. The first-order valence-electron chi connectivity index (χ1n) is 8.38. The molecule has 0 aliphatic rings. The molecule has 0 radical (unpaired) electrons. The zero-order valence-corrected chi connectivity index (χ0v) is 17.0. The molecule has 1 N–H and O–H groups in total. The number of carbonyl (C=O) groups excluding carboxylic acids is 1. The minimum absolute atomic E-state index is 0.256. The van der Waals surface area contributed by atoms with Gasteiger partial charge in [0.1, 0.15) is 18.9 Å². The van der Waals surface area contributed by atoms with Gasteiger partial charge in [0.2, 0.25) is 15.9 Å². The molecule has 0 aliphatic heterocycles. The van der Waals surface area contributed by atoms with Crippen LogP contribution in [-0.2, 0) is 14.8 Å². The van der Waals surface area contributed by atoms with Crippen LogP contribution in [-0.4, -0.2) is 39.8 Å². The monoisotopic (exact) mass is 410 g/mol. The van der Waals surface area contributed by atoms with E-state index in [-0.39, 0.29) is 29.9 Å². The van der Waals surface area contributed by atoms with Crippen LogP contribution in [0.15, 0.2) is 48.5 Å². The first-order chi connectivity index (χ1) is 12.7. The topological polar surface area (TPSA) is 75.7 Å². The molecule has 0 aliphatic carbocycles.